The minimum Gasteiger partial charge on any atom is -0.394 e. The van der Waals surface area contributed by atoms with Crippen molar-refractivity contribution in [1.82, 2.24) is 14.4 Å². The van der Waals surface area contributed by atoms with Crippen molar-refractivity contribution in [2.75, 3.05) is 37.0 Å². The van der Waals surface area contributed by atoms with Crippen LogP contribution >= 0.6 is 0 Å². The van der Waals surface area contributed by atoms with Crippen LogP contribution in [-0.2, 0) is 4.74 Å². The number of ether oxygens (including phenoxy) is 1. The van der Waals surface area contributed by atoms with Gasteiger partial charge in [0.05, 0.1) is 18.3 Å². The Morgan fingerprint density at radius 3 is 2.95 bits per heavy atom. The van der Waals surface area contributed by atoms with Gasteiger partial charge in [-0.05, 0) is 19.8 Å². The highest BCUT2D eigenvalue weighted by Gasteiger charge is 2.33. The summed E-state index contributed by atoms with van der Waals surface area (Å²) in [6.45, 7) is 4.17. The number of nitrogens with zero attached hydrogens (tertiary/aromatic N) is 3. The molecule has 1 aliphatic heterocycles. The minimum atomic E-state index is -0.386. The Morgan fingerprint density at radius 1 is 1.43 bits per heavy atom. The van der Waals surface area contributed by atoms with Gasteiger partial charge in [0.2, 0.25) is 0 Å². The number of imidazole rings is 1. The summed E-state index contributed by atoms with van der Waals surface area (Å²) in [4.78, 5) is 8.94. The molecule has 114 valence electrons. The van der Waals surface area contributed by atoms with Gasteiger partial charge < -0.3 is 24.9 Å². The van der Waals surface area contributed by atoms with Crippen LogP contribution in [0.15, 0.2) is 18.6 Å². The Balaban J connectivity index is 1.96. The highest BCUT2D eigenvalue weighted by atomic mass is 16.5. The maximum atomic E-state index is 9.81. The lowest BCUT2D eigenvalue weighted by Crippen LogP contribution is -2.47. The van der Waals surface area contributed by atoms with Crippen molar-refractivity contribution in [2.45, 2.75) is 25.3 Å². The molecule has 0 amide bonds. The molecule has 2 aromatic rings. The molecule has 0 aliphatic carbocycles. The Bertz CT molecular complexity index is 606. The van der Waals surface area contributed by atoms with E-state index in [0.717, 1.165) is 30.9 Å². The lowest BCUT2D eigenvalue weighted by atomic mass is 9.91. The van der Waals surface area contributed by atoms with Crippen LogP contribution < -0.4 is 10.6 Å². The molecule has 1 fully saturated rings. The summed E-state index contributed by atoms with van der Waals surface area (Å²) in [7, 11) is 0. The SMILES string of the molecule is CCNc1cn2ccnc2c(NC2(CO)CCOCC2)n1. The van der Waals surface area contributed by atoms with E-state index >= 15 is 0 Å². The molecule has 3 rings (SSSR count). The molecule has 1 saturated heterocycles. The van der Waals surface area contributed by atoms with Gasteiger partial charge in [-0.25, -0.2) is 9.97 Å². The van der Waals surface area contributed by atoms with Gasteiger partial charge in [-0.1, -0.05) is 0 Å². The van der Waals surface area contributed by atoms with E-state index < -0.39 is 0 Å². The predicted molar refractivity (Wildman–Crippen MR) is 80.6 cm³/mol. The molecule has 0 unspecified atom stereocenters. The summed E-state index contributed by atoms with van der Waals surface area (Å²) in [5.74, 6) is 1.47. The zero-order valence-corrected chi connectivity index (χ0v) is 12.2. The Morgan fingerprint density at radius 2 is 2.24 bits per heavy atom. The van der Waals surface area contributed by atoms with Gasteiger partial charge >= 0.3 is 0 Å². The quantitative estimate of drug-likeness (QED) is 0.765. The number of nitrogens with one attached hydrogen (secondary N) is 2. The van der Waals surface area contributed by atoms with Gasteiger partial charge in [-0.3, -0.25) is 0 Å². The first-order chi connectivity index (χ1) is 10.3. The molecule has 21 heavy (non-hydrogen) atoms. The third-order valence-corrected chi connectivity index (χ3v) is 3.87. The standard InChI is InChI=1S/C14H21N5O2/c1-2-15-11-9-19-6-5-16-13(19)12(17-11)18-14(10-20)3-7-21-8-4-14/h5-6,9,15,20H,2-4,7-8,10H2,1H3,(H,17,18). The number of aliphatic hydroxyl groups excluding tert-OH is 1. The summed E-state index contributed by atoms with van der Waals surface area (Å²) in [5, 5.41) is 16.4. The maximum absolute atomic E-state index is 9.81. The molecular weight excluding hydrogens is 270 g/mol. The average molecular weight is 291 g/mol. The fraction of sp³-hybridized carbons (Fsp3) is 0.571. The van der Waals surface area contributed by atoms with Gasteiger partial charge in [0.1, 0.15) is 5.82 Å². The fourth-order valence-electron chi connectivity index (χ4n) is 2.62. The van der Waals surface area contributed by atoms with E-state index in [1.165, 1.54) is 0 Å². The first kappa shape index (κ1) is 14.1. The van der Waals surface area contributed by atoms with Crippen molar-refractivity contribution < 1.29 is 9.84 Å². The van der Waals surface area contributed by atoms with E-state index in [1.54, 1.807) is 6.20 Å². The van der Waals surface area contributed by atoms with Crippen molar-refractivity contribution in [3.05, 3.63) is 18.6 Å². The van der Waals surface area contributed by atoms with Gasteiger partial charge in [0.15, 0.2) is 11.5 Å². The number of aromatic nitrogens is 3. The summed E-state index contributed by atoms with van der Waals surface area (Å²) in [6.07, 6.45) is 7.05. The molecule has 0 bridgehead atoms. The van der Waals surface area contributed by atoms with Gasteiger partial charge in [-0.2, -0.15) is 0 Å². The molecule has 3 heterocycles. The highest BCUT2D eigenvalue weighted by molar-refractivity contribution is 5.66. The second-order valence-corrected chi connectivity index (χ2v) is 5.34. The molecular formula is C14H21N5O2. The summed E-state index contributed by atoms with van der Waals surface area (Å²) in [5.41, 5.74) is 0.374. The van der Waals surface area contributed by atoms with Crippen molar-refractivity contribution >= 4 is 17.3 Å². The van der Waals surface area contributed by atoms with Gasteiger partial charge in [0, 0.05) is 32.2 Å². The molecule has 7 heteroatoms. The Labute approximate surface area is 123 Å². The number of hydrogen-bond donors (Lipinski definition) is 3. The summed E-state index contributed by atoms with van der Waals surface area (Å²) < 4.78 is 7.32. The predicted octanol–water partition coefficient (Wildman–Crippen LogP) is 1.11. The van der Waals surface area contributed by atoms with Gasteiger partial charge in [0.25, 0.3) is 0 Å². The van der Waals surface area contributed by atoms with E-state index in [0.29, 0.717) is 19.0 Å². The monoisotopic (exact) mass is 291 g/mol. The van der Waals surface area contributed by atoms with E-state index in [2.05, 4.69) is 20.6 Å². The number of anilines is 2. The highest BCUT2D eigenvalue weighted by Crippen LogP contribution is 2.27. The largest absolute Gasteiger partial charge is 0.394 e. The topological polar surface area (TPSA) is 83.7 Å². The molecule has 2 aromatic heterocycles. The smallest absolute Gasteiger partial charge is 0.180 e. The van der Waals surface area contributed by atoms with E-state index in [-0.39, 0.29) is 12.1 Å². The van der Waals surface area contributed by atoms with Crippen LogP contribution in [0.2, 0.25) is 0 Å². The maximum Gasteiger partial charge on any atom is 0.180 e. The van der Waals surface area contributed by atoms with Crippen LogP contribution in [0.3, 0.4) is 0 Å². The molecule has 0 saturated carbocycles. The molecule has 0 spiro atoms. The Hall–Kier alpha value is -1.86. The van der Waals surface area contributed by atoms with Crippen LogP contribution in [-0.4, -0.2) is 51.4 Å². The van der Waals surface area contributed by atoms with E-state index in [9.17, 15) is 5.11 Å². The van der Waals surface area contributed by atoms with Crippen LogP contribution in [0, 0.1) is 0 Å². The molecule has 0 atom stereocenters. The lowest BCUT2D eigenvalue weighted by Gasteiger charge is -2.36. The first-order valence-electron chi connectivity index (χ1n) is 7.31. The fourth-order valence-corrected chi connectivity index (χ4v) is 2.62. The molecule has 7 nitrogen and oxygen atoms in total. The van der Waals surface area contributed by atoms with Crippen LogP contribution in [0.4, 0.5) is 11.6 Å². The zero-order chi connectivity index (χ0) is 14.7. The second-order valence-electron chi connectivity index (χ2n) is 5.34. The lowest BCUT2D eigenvalue weighted by molar-refractivity contribution is 0.0379. The third-order valence-electron chi connectivity index (χ3n) is 3.87. The van der Waals surface area contributed by atoms with Gasteiger partial charge in [-0.15, -0.1) is 0 Å². The van der Waals surface area contributed by atoms with Crippen LogP contribution in [0.25, 0.3) is 5.65 Å². The summed E-state index contributed by atoms with van der Waals surface area (Å²) >= 11 is 0. The zero-order valence-electron chi connectivity index (χ0n) is 12.2. The minimum absolute atomic E-state index is 0.0519. The van der Waals surface area contributed by atoms with Crippen LogP contribution in [0.5, 0.6) is 0 Å². The normalized spacial score (nSPS) is 17.8. The number of rotatable bonds is 5. The first-order valence-corrected chi connectivity index (χ1v) is 7.31. The molecule has 0 aromatic carbocycles. The number of aliphatic hydroxyl groups is 1. The number of fused-ring (bicyclic) bond motifs is 1. The van der Waals surface area contributed by atoms with E-state index in [1.807, 2.05) is 23.7 Å². The van der Waals surface area contributed by atoms with Crippen molar-refractivity contribution in [1.29, 1.82) is 0 Å². The van der Waals surface area contributed by atoms with Crippen LogP contribution in [0.1, 0.15) is 19.8 Å². The Kier molecular flexibility index (Phi) is 3.94. The van der Waals surface area contributed by atoms with E-state index in [4.69, 9.17) is 4.74 Å². The van der Waals surface area contributed by atoms with Crippen molar-refractivity contribution in [3.8, 4) is 0 Å². The second kappa shape index (κ2) is 5.87. The molecule has 3 N–H and O–H groups in total. The van der Waals surface area contributed by atoms with Crippen molar-refractivity contribution in [3.63, 3.8) is 0 Å². The molecule has 1 aliphatic rings. The van der Waals surface area contributed by atoms with Crippen molar-refractivity contribution in [2.24, 2.45) is 0 Å². The summed E-state index contributed by atoms with van der Waals surface area (Å²) in [6, 6.07) is 0. The third kappa shape index (κ3) is 2.79. The number of hydrogen-bond acceptors (Lipinski definition) is 6. The average Bonchev–Trinajstić information content (AvgIpc) is 2.97. The molecule has 0 radical (unpaired) electrons.